The molecule has 138 valence electrons. The van der Waals surface area contributed by atoms with Crippen LogP contribution in [0.4, 0.5) is 19.0 Å². The molecule has 1 aromatic heterocycles. The second kappa shape index (κ2) is 6.75. The summed E-state index contributed by atoms with van der Waals surface area (Å²) < 4.78 is 38.2. The monoisotopic (exact) mass is 368 g/mol. The van der Waals surface area contributed by atoms with Gasteiger partial charge in [-0.25, -0.2) is 9.78 Å². The van der Waals surface area contributed by atoms with E-state index in [4.69, 9.17) is 5.11 Å². The second-order valence-electron chi connectivity index (χ2n) is 5.98. The Morgan fingerprint density at radius 1 is 1.08 bits per heavy atom. The van der Waals surface area contributed by atoms with Gasteiger partial charge in [-0.1, -0.05) is 6.07 Å². The molecular weight excluding hydrogens is 353 g/mol. The maximum atomic E-state index is 12.7. The van der Waals surface area contributed by atoms with Gasteiger partial charge in [-0.15, -0.1) is 0 Å². The number of rotatable bonds is 4. The molecule has 6 nitrogen and oxygen atoms in total. The van der Waals surface area contributed by atoms with Crippen LogP contribution in [0.2, 0.25) is 0 Å². The fraction of sp³-hybridized carbons (Fsp3) is 0.235. The number of hydrogen-bond donors (Lipinski definition) is 3. The van der Waals surface area contributed by atoms with Gasteiger partial charge in [0.2, 0.25) is 0 Å². The number of carboxylic acid groups (broad SMARTS) is 1. The zero-order valence-corrected chi connectivity index (χ0v) is 13.8. The molecule has 1 aromatic carbocycles. The third kappa shape index (κ3) is 4.37. The van der Waals surface area contributed by atoms with Crippen molar-refractivity contribution in [3.8, 4) is 0 Å². The average Bonchev–Trinajstić information content (AvgIpc) is 2.52. The highest BCUT2D eigenvalue weighted by Crippen LogP contribution is 2.31. The number of alkyl halides is 3. The average molecular weight is 368 g/mol. The number of amides is 1. The van der Waals surface area contributed by atoms with E-state index in [9.17, 15) is 27.9 Å². The van der Waals surface area contributed by atoms with Gasteiger partial charge in [-0.2, -0.15) is 13.2 Å². The fourth-order valence-corrected chi connectivity index (χ4v) is 2.12. The third-order valence-electron chi connectivity index (χ3n) is 3.44. The predicted molar refractivity (Wildman–Crippen MR) is 85.8 cm³/mol. The fourth-order valence-electron chi connectivity index (χ4n) is 2.12. The number of carbonyl (C=O) groups excluding carboxylic acids is 1. The summed E-state index contributed by atoms with van der Waals surface area (Å²) in [5.41, 5.74) is -3.42. The number of benzene rings is 1. The minimum absolute atomic E-state index is 0.0193. The topological polar surface area (TPSA) is 99.5 Å². The van der Waals surface area contributed by atoms with E-state index in [1.807, 2.05) is 0 Å². The van der Waals surface area contributed by atoms with E-state index in [0.29, 0.717) is 12.1 Å². The first-order chi connectivity index (χ1) is 11.9. The summed E-state index contributed by atoms with van der Waals surface area (Å²) in [4.78, 5) is 27.6. The van der Waals surface area contributed by atoms with Crippen molar-refractivity contribution in [3.63, 3.8) is 0 Å². The van der Waals surface area contributed by atoms with Crippen molar-refractivity contribution < 1.29 is 33.0 Å². The maximum absolute atomic E-state index is 12.7. The molecule has 0 aliphatic heterocycles. The lowest BCUT2D eigenvalue weighted by molar-refractivity contribution is -0.137. The van der Waals surface area contributed by atoms with Crippen molar-refractivity contribution in [2.75, 3.05) is 5.32 Å². The number of carboxylic acids is 1. The number of halogens is 3. The Hall–Kier alpha value is -2.94. The SMILES string of the molecule is CC(C)(O)c1cccc(NC(=O)c2ccc(C(F)(F)F)cc2C(=O)O)n1. The molecule has 0 saturated heterocycles. The van der Waals surface area contributed by atoms with Crippen LogP contribution in [0.3, 0.4) is 0 Å². The first kappa shape index (κ1) is 19.4. The van der Waals surface area contributed by atoms with Crippen LogP contribution >= 0.6 is 0 Å². The van der Waals surface area contributed by atoms with Gasteiger partial charge in [0.05, 0.1) is 22.4 Å². The van der Waals surface area contributed by atoms with Gasteiger partial charge in [0.15, 0.2) is 0 Å². The normalized spacial score (nSPS) is 11.9. The standard InChI is InChI=1S/C17H15F3N2O4/c1-16(2,26)12-4-3-5-13(21-12)22-14(23)10-7-6-9(17(18,19)20)8-11(10)15(24)25/h3-8,26H,1-2H3,(H,24,25)(H,21,22,23). The van der Waals surface area contributed by atoms with E-state index in [2.05, 4.69) is 10.3 Å². The molecule has 0 aliphatic carbocycles. The van der Waals surface area contributed by atoms with Crippen molar-refractivity contribution in [1.82, 2.24) is 4.98 Å². The number of anilines is 1. The van der Waals surface area contributed by atoms with Crippen molar-refractivity contribution in [3.05, 3.63) is 58.8 Å². The van der Waals surface area contributed by atoms with Crippen LogP contribution in [-0.4, -0.2) is 27.1 Å². The Morgan fingerprint density at radius 3 is 2.27 bits per heavy atom. The Balaban J connectivity index is 2.37. The number of nitrogens with one attached hydrogen (secondary N) is 1. The predicted octanol–water partition coefficient (Wildman–Crippen LogP) is 3.28. The summed E-state index contributed by atoms with van der Waals surface area (Å²) >= 11 is 0. The van der Waals surface area contributed by atoms with Crippen LogP contribution in [0, 0.1) is 0 Å². The molecule has 0 saturated carbocycles. The highest BCUT2D eigenvalue weighted by atomic mass is 19.4. The smallest absolute Gasteiger partial charge is 0.416 e. The van der Waals surface area contributed by atoms with Crippen LogP contribution in [0.5, 0.6) is 0 Å². The van der Waals surface area contributed by atoms with E-state index in [1.54, 1.807) is 0 Å². The second-order valence-corrected chi connectivity index (χ2v) is 5.98. The van der Waals surface area contributed by atoms with E-state index >= 15 is 0 Å². The zero-order chi connectivity index (χ0) is 19.7. The lowest BCUT2D eigenvalue weighted by Crippen LogP contribution is -2.21. The van der Waals surface area contributed by atoms with E-state index < -0.39 is 40.3 Å². The highest BCUT2D eigenvalue weighted by Gasteiger charge is 2.32. The first-order valence-electron chi connectivity index (χ1n) is 7.35. The number of nitrogens with zero attached hydrogens (tertiary/aromatic N) is 1. The minimum Gasteiger partial charge on any atom is -0.478 e. The van der Waals surface area contributed by atoms with Crippen molar-refractivity contribution >= 4 is 17.7 Å². The van der Waals surface area contributed by atoms with E-state index in [0.717, 1.165) is 6.07 Å². The van der Waals surface area contributed by atoms with E-state index in [-0.39, 0.29) is 11.5 Å². The van der Waals surface area contributed by atoms with Crippen LogP contribution in [0.15, 0.2) is 36.4 Å². The van der Waals surface area contributed by atoms with Gasteiger partial charge < -0.3 is 15.5 Å². The van der Waals surface area contributed by atoms with Gasteiger partial charge >= 0.3 is 12.1 Å². The molecule has 9 heteroatoms. The summed E-state index contributed by atoms with van der Waals surface area (Å²) in [5.74, 6) is -2.58. The van der Waals surface area contributed by atoms with E-state index in [1.165, 1.54) is 32.0 Å². The molecule has 0 fully saturated rings. The van der Waals surface area contributed by atoms with Gasteiger partial charge in [0.25, 0.3) is 5.91 Å². The molecule has 0 aliphatic rings. The molecular formula is C17H15F3N2O4. The molecule has 1 amide bonds. The quantitative estimate of drug-likeness (QED) is 0.769. The molecule has 0 unspecified atom stereocenters. The Kier molecular flexibility index (Phi) is 5.04. The third-order valence-corrected chi connectivity index (χ3v) is 3.44. The van der Waals surface area contributed by atoms with Gasteiger partial charge in [-0.05, 0) is 44.2 Å². The summed E-state index contributed by atoms with van der Waals surface area (Å²) in [6, 6.07) is 6.26. The maximum Gasteiger partial charge on any atom is 0.416 e. The van der Waals surface area contributed by atoms with Gasteiger partial charge in [0.1, 0.15) is 11.4 Å². The molecule has 1 heterocycles. The highest BCUT2D eigenvalue weighted by molar-refractivity contribution is 6.10. The van der Waals surface area contributed by atoms with Crippen LogP contribution in [-0.2, 0) is 11.8 Å². The molecule has 3 N–H and O–H groups in total. The number of aliphatic hydroxyl groups is 1. The molecule has 0 atom stereocenters. The molecule has 0 spiro atoms. The zero-order valence-electron chi connectivity index (χ0n) is 13.8. The number of carbonyl (C=O) groups is 2. The van der Waals surface area contributed by atoms with Crippen LogP contribution < -0.4 is 5.32 Å². The molecule has 0 radical (unpaired) electrons. The largest absolute Gasteiger partial charge is 0.478 e. The number of aromatic carboxylic acids is 1. The Labute approximate surface area is 146 Å². The lowest BCUT2D eigenvalue weighted by atomic mass is 10.0. The summed E-state index contributed by atoms with van der Waals surface area (Å²) in [6.07, 6.45) is -4.73. The molecule has 0 bridgehead atoms. The summed E-state index contributed by atoms with van der Waals surface area (Å²) in [6.45, 7) is 2.97. The minimum atomic E-state index is -4.73. The first-order valence-corrected chi connectivity index (χ1v) is 7.35. The Bertz CT molecular complexity index is 858. The summed E-state index contributed by atoms with van der Waals surface area (Å²) in [5, 5.41) is 21.4. The molecule has 2 aromatic rings. The number of hydrogen-bond acceptors (Lipinski definition) is 4. The van der Waals surface area contributed by atoms with Crippen molar-refractivity contribution in [1.29, 1.82) is 0 Å². The molecule has 26 heavy (non-hydrogen) atoms. The van der Waals surface area contributed by atoms with Gasteiger partial charge in [-0.3, -0.25) is 4.79 Å². The lowest BCUT2D eigenvalue weighted by Gasteiger charge is -2.17. The Morgan fingerprint density at radius 2 is 1.73 bits per heavy atom. The summed E-state index contributed by atoms with van der Waals surface area (Å²) in [7, 11) is 0. The van der Waals surface area contributed by atoms with Crippen LogP contribution in [0.25, 0.3) is 0 Å². The number of aromatic nitrogens is 1. The van der Waals surface area contributed by atoms with Gasteiger partial charge in [0, 0.05) is 0 Å². The van der Waals surface area contributed by atoms with Crippen molar-refractivity contribution in [2.24, 2.45) is 0 Å². The van der Waals surface area contributed by atoms with Crippen LogP contribution in [0.1, 0.15) is 45.8 Å². The number of pyridine rings is 1. The molecule has 2 rings (SSSR count). The van der Waals surface area contributed by atoms with Crippen molar-refractivity contribution in [2.45, 2.75) is 25.6 Å².